The summed E-state index contributed by atoms with van der Waals surface area (Å²) in [6.45, 7) is 0.0439. The van der Waals surface area contributed by atoms with Crippen LogP contribution in [0.5, 0.6) is 5.75 Å². The molecule has 0 saturated heterocycles. The maximum atomic E-state index is 13.2. The van der Waals surface area contributed by atoms with Crippen molar-refractivity contribution in [2.75, 3.05) is 5.73 Å². The molecule has 0 bridgehead atoms. The highest BCUT2D eigenvalue weighted by atomic mass is 19.1. The van der Waals surface area contributed by atoms with Gasteiger partial charge in [-0.3, -0.25) is 0 Å². The van der Waals surface area contributed by atoms with E-state index in [4.69, 9.17) is 20.8 Å². The maximum Gasteiger partial charge on any atom is 0.335 e. The standard InChI is InChI=1S/C15H11FN2O3/c16-12-3-1-9(5-11(12)7-17)8-21-14-6-10(15(19)20)2-4-13(14)18/h1-6H,8,18H2,(H,19,20). The molecule has 0 radical (unpaired) electrons. The Kier molecular flexibility index (Phi) is 4.05. The topological polar surface area (TPSA) is 96.3 Å². The second kappa shape index (κ2) is 5.92. The van der Waals surface area contributed by atoms with E-state index >= 15 is 0 Å². The molecule has 2 aromatic rings. The minimum atomic E-state index is -1.09. The monoisotopic (exact) mass is 286 g/mol. The number of nitrogen functional groups attached to an aromatic ring is 1. The van der Waals surface area contributed by atoms with E-state index in [9.17, 15) is 9.18 Å². The Morgan fingerprint density at radius 3 is 2.76 bits per heavy atom. The number of halogens is 1. The molecule has 0 aromatic heterocycles. The zero-order valence-electron chi connectivity index (χ0n) is 10.8. The lowest BCUT2D eigenvalue weighted by Crippen LogP contribution is -2.02. The molecule has 3 N–H and O–H groups in total. The number of hydrogen-bond acceptors (Lipinski definition) is 4. The Labute approximate surface area is 120 Å². The molecule has 0 aliphatic heterocycles. The van der Waals surface area contributed by atoms with Gasteiger partial charge in [-0.2, -0.15) is 5.26 Å². The quantitative estimate of drug-likeness (QED) is 0.842. The minimum Gasteiger partial charge on any atom is -0.487 e. The molecule has 0 aliphatic rings. The van der Waals surface area contributed by atoms with Crippen molar-refractivity contribution >= 4 is 11.7 Å². The van der Waals surface area contributed by atoms with Crippen LogP contribution in [-0.4, -0.2) is 11.1 Å². The summed E-state index contributed by atoms with van der Waals surface area (Å²) in [6.07, 6.45) is 0. The minimum absolute atomic E-state index is 0.0439. The molecule has 2 rings (SSSR count). The molecule has 0 atom stereocenters. The van der Waals surface area contributed by atoms with Crippen LogP contribution >= 0.6 is 0 Å². The third-order valence-corrected chi connectivity index (χ3v) is 2.81. The summed E-state index contributed by atoms with van der Waals surface area (Å²) in [5.74, 6) is -1.47. The van der Waals surface area contributed by atoms with Crippen LogP contribution in [0, 0.1) is 17.1 Å². The Balaban J connectivity index is 2.18. The maximum absolute atomic E-state index is 13.2. The highest BCUT2D eigenvalue weighted by Gasteiger charge is 2.09. The Bertz CT molecular complexity index is 738. The molecule has 0 heterocycles. The zero-order chi connectivity index (χ0) is 15.4. The van der Waals surface area contributed by atoms with Crippen LogP contribution in [0.25, 0.3) is 0 Å². The van der Waals surface area contributed by atoms with Gasteiger partial charge in [0.2, 0.25) is 0 Å². The number of nitriles is 1. The highest BCUT2D eigenvalue weighted by molar-refractivity contribution is 5.89. The van der Waals surface area contributed by atoms with Gasteiger partial charge >= 0.3 is 5.97 Å². The summed E-state index contributed by atoms with van der Waals surface area (Å²) in [5.41, 5.74) is 6.55. The molecule has 0 amide bonds. The molecule has 21 heavy (non-hydrogen) atoms. The van der Waals surface area contributed by atoms with E-state index in [0.717, 1.165) is 0 Å². The number of hydrogen-bond donors (Lipinski definition) is 2. The fourth-order valence-corrected chi connectivity index (χ4v) is 1.70. The molecule has 0 unspecified atom stereocenters. The number of carboxylic acids is 1. The van der Waals surface area contributed by atoms with E-state index in [1.54, 1.807) is 6.07 Å². The lowest BCUT2D eigenvalue weighted by Gasteiger charge is -2.10. The fourth-order valence-electron chi connectivity index (χ4n) is 1.70. The van der Waals surface area contributed by atoms with Crippen LogP contribution in [-0.2, 0) is 6.61 Å². The molecule has 0 saturated carbocycles. The average Bonchev–Trinajstić information content (AvgIpc) is 2.47. The predicted octanol–water partition coefficient (Wildman–Crippen LogP) is 2.56. The number of carboxylic acid groups (broad SMARTS) is 1. The molecule has 6 heteroatoms. The number of rotatable bonds is 4. The molecule has 0 fully saturated rings. The first-order valence-electron chi connectivity index (χ1n) is 5.95. The van der Waals surface area contributed by atoms with Gasteiger partial charge in [-0.15, -0.1) is 0 Å². The Morgan fingerprint density at radius 1 is 1.33 bits per heavy atom. The number of nitrogens with zero attached hydrogens (tertiary/aromatic N) is 1. The second-order valence-electron chi connectivity index (χ2n) is 4.27. The van der Waals surface area contributed by atoms with E-state index in [1.807, 2.05) is 0 Å². The van der Waals surface area contributed by atoms with Crippen LogP contribution in [0.4, 0.5) is 10.1 Å². The molecular formula is C15H11FN2O3. The van der Waals surface area contributed by atoms with Crippen LogP contribution in [0.3, 0.4) is 0 Å². The van der Waals surface area contributed by atoms with Crippen LogP contribution < -0.4 is 10.5 Å². The first-order valence-corrected chi connectivity index (χ1v) is 5.95. The van der Waals surface area contributed by atoms with Crippen molar-refractivity contribution in [2.45, 2.75) is 6.61 Å². The number of anilines is 1. The molecular weight excluding hydrogens is 275 g/mol. The fraction of sp³-hybridized carbons (Fsp3) is 0.0667. The number of aromatic carboxylic acids is 1. The first kappa shape index (κ1) is 14.3. The number of benzene rings is 2. The van der Waals surface area contributed by atoms with Gasteiger partial charge in [0.1, 0.15) is 24.2 Å². The second-order valence-corrected chi connectivity index (χ2v) is 4.27. The number of nitrogens with two attached hydrogens (primary N) is 1. The van der Waals surface area contributed by atoms with Crippen LogP contribution in [0.1, 0.15) is 21.5 Å². The highest BCUT2D eigenvalue weighted by Crippen LogP contribution is 2.24. The van der Waals surface area contributed by atoms with Crippen LogP contribution in [0.15, 0.2) is 36.4 Å². The molecule has 0 aliphatic carbocycles. The van der Waals surface area contributed by atoms with Crippen molar-refractivity contribution in [1.29, 1.82) is 5.26 Å². The van der Waals surface area contributed by atoms with Gasteiger partial charge in [0, 0.05) is 0 Å². The summed E-state index contributed by atoms with van der Waals surface area (Å²) >= 11 is 0. The van der Waals surface area contributed by atoms with Crippen LogP contribution in [0.2, 0.25) is 0 Å². The normalized spacial score (nSPS) is 9.90. The third-order valence-electron chi connectivity index (χ3n) is 2.81. The van der Waals surface area contributed by atoms with Crippen molar-refractivity contribution in [2.24, 2.45) is 0 Å². The van der Waals surface area contributed by atoms with E-state index in [1.165, 1.54) is 36.4 Å². The zero-order valence-corrected chi connectivity index (χ0v) is 10.8. The van der Waals surface area contributed by atoms with E-state index in [-0.39, 0.29) is 23.5 Å². The SMILES string of the molecule is N#Cc1cc(COc2cc(C(=O)O)ccc2N)ccc1F. The largest absolute Gasteiger partial charge is 0.487 e. The average molecular weight is 286 g/mol. The van der Waals surface area contributed by atoms with Gasteiger partial charge in [-0.25, -0.2) is 9.18 Å². The molecule has 2 aromatic carbocycles. The predicted molar refractivity (Wildman–Crippen MR) is 73.3 cm³/mol. The summed E-state index contributed by atoms with van der Waals surface area (Å²) < 4.78 is 18.6. The summed E-state index contributed by atoms with van der Waals surface area (Å²) in [5, 5.41) is 17.7. The summed E-state index contributed by atoms with van der Waals surface area (Å²) in [7, 11) is 0. The smallest absolute Gasteiger partial charge is 0.335 e. The molecule has 0 spiro atoms. The lowest BCUT2D eigenvalue weighted by atomic mass is 10.1. The lowest BCUT2D eigenvalue weighted by molar-refractivity contribution is 0.0696. The van der Waals surface area contributed by atoms with Gasteiger partial charge in [0.15, 0.2) is 0 Å². The van der Waals surface area contributed by atoms with Crippen molar-refractivity contribution in [3.63, 3.8) is 0 Å². The van der Waals surface area contributed by atoms with Gasteiger partial charge in [0.25, 0.3) is 0 Å². The van der Waals surface area contributed by atoms with E-state index in [2.05, 4.69) is 0 Å². The number of carbonyl (C=O) groups is 1. The summed E-state index contributed by atoms with van der Waals surface area (Å²) in [4.78, 5) is 10.9. The third kappa shape index (κ3) is 3.28. The van der Waals surface area contributed by atoms with Gasteiger partial charge in [-0.05, 0) is 35.9 Å². The van der Waals surface area contributed by atoms with E-state index in [0.29, 0.717) is 11.3 Å². The van der Waals surface area contributed by atoms with Crippen molar-refractivity contribution in [3.8, 4) is 11.8 Å². The van der Waals surface area contributed by atoms with Crippen molar-refractivity contribution < 1.29 is 19.0 Å². The van der Waals surface area contributed by atoms with Crippen molar-refractivity contribution in [3.05, 3.63) is 58.9 Å². The van der Waals surface area contributed by atoms with Gasteiger partial charge in [0.05, 0.1) is 16.8 Å². The molecule has 106 valence electrons. The summed E-state index contributed by atoms with van der Waals surface area (Å²) in [6, 6.07) is 9.88. The van der Waals surface area contributed by atoms with E-state index < -0.39 is 11.8 Å². The van der Waals surface area contributed by atoms with Gasteiger partial charge < -0.3 is 15.6 Å². The van der Waals surface area contributed by atoms with Crippen molar-refractivity contribution in [1.82, 2.24) is 0 Å². The first-order chi connectivity index (χ1) is 10.0. The molecule has 5 nitrogen and oxygen atoms in total. The number of ether oxygens (including phenoxy) is 1. The Morgan fingerprint density at radius 2 is 2.10 bits per heavy atom. The Hall–Kier alpha value is -3.07. The van der Waals surface area contributed by atoms with Gasteiger partial charge in [-0.1, -0.05) is 6.07 Å².